The summed E-state index contributed by atoms with van der Waals surface area (Å²) in [6.07, 6.45) is 3.62. The van der Waals surface area contributed by atoms with Gasteiger partial charge in [0.05, 0.1) is 12.7 Å². The van der Waals surface area contributed by atoms with E-state index in [1.54, 1.807) is 16.8 Å². The predicted molar refractivity (Wildman–Crippen MR) is 56.9 cm³/mol. The smallest absolute Gasteiger partial charge is 0.338 e. The van der Waals surface area contributed by atoms with Crippen molar-refractivity contribution in [3.8, 4) is 0 Å². The molecule has 0 atom stereocenters. The molecule has 1 rings (SSSR count). The number of methoxy groups -OCH3 is 1. The van der Waals surface area contributed by atoms with E-state index in [1.165, 1.54) is 13.2 Å². The monoisotopic (exact) mass is 209 g/mol. The Labute approximate surface area is 88.5 Å². The fraction of sp³-hybridized carbons (Fsp3) is 0.455. The summed E-state index contributed by atoms with van der Waals surface area (Å²) in [6.45, 7) is 2.75. The van der Waals surface area contributed by atoms with Crippen molar-refractivity contribution in [1.29, 1.82) is 0 Å². The second-order valence-electron chi connectivity index (χ2n) is 3.29. The van der Waals surface area contributed by atoms with Crippen LogP contribution in [0.15, 0.2) is 23.1 Å². The molecule has 0 saturated heterocycles. The van der Waals surface area contributed by atoms with Gasteiger partial charge in [-0.3, -0.25) is 4.79 Å². The number of aryl methyl sites for hydroxylation is 1. The molecule has 1 heterocycles. The van der Waals surface area contributed by atoms with Crippen molar-refractivity contribution in [1.82, 2.24) is 4.57 Å². The van der Waals surface area contributed by atoms with Gasteiger partial charge in [0.1, 0.15) is 0 Å². The average molecular weight is 209 g/mol. The molecule has 0 radical (unpaired) electrons. The van der Waals surface area contributed by atoms with E-state index in [9.17, 15) is 9.59 Å². The average Bonchev–Trinajstić information content (AvgIpc) is 2.26. The fourth-order valence-corrected chi connectivity index (χ4v) is 1.27. The highest BCUT2D eigenvalue weighted by molar-refractivity contribution is 5.88. The van der Waals surface area contributed by atoms with Crippen molar-refractivity contribution >= 4 is 5.97 Å². The number of nitrogens with zero attached hydrogens (tertiary/aromatic N) is 1. The first-order chi connectivity index (χ1) is 7.19. The molecular weight excluding hydrogens is 194 g/mol. The van der Waals surface area contributed by atoms with Crippen molar-refractivity contribution in [3.05, 3.63) is 34.2 Å². The highest BCUT2D eigenvalue weighted by Gasteiger charge is 2.06. The van der Waals surface area contributed by atoms with Gasteiger partial charge in [0.15, 0.2) is 0 Å². The minimum absolute atomic E-state index is 0.161. The molecule has 0 aliphatic heterocycles. The quantitative estimate of drug-likeness (QED) is 0.705. The summed E-state index contributed by atoms with van der Waals surface area (Å²) in [6, 6.07) is 2.91. The molecule has 4 nitrogen and oxygen atoms in total. The first kappa shape index (κ1) is 11.5. The van der Waals surface area contributed by atoms with E-state index in [4.69, 9.17) is 0 Å². The van der Waals surface area contributed by atoms with Gasteiger partial charge in [-0.05, 0) is 12.5 Å². The number of ether oxygens (including phenoxy) is 1. The van der Waals surface area contributed by atoms with Gasteiger partial charge in [-0.2, -0.15) is 0 Å². The summed E-state index contributed by atoms with van der Waals surface area (Å²) in [5, 5.41) is 0. The van der Waals surface area contributed by atoms with Gasteiger partial charge in [-0.15, -0.1) is 0 Å². The Morgan fingerprint density at radius 2 is 2.27 bits per heavy atom. The van der Waals surface area contributed by atoms with Crippen LogP contribution in [0.2, 0.25) is 0 Å². The summed E-state index contributed by atoms with van der Waals surface area (Å²) in [4.78, 5) is 22.6. The van der Waals surface area contributed by atoms with Crippen molar-refractivity contribution in [2.75, 3.05) is 7.11 Å². The van der Waals surface area contributed by atoms with E-state index in [0.29, 0.717) is 12.1 Å². The van der Waals surface area contributed by atoms with Crippen molar-refractivity contribution < 1.29 is 9.53 Å². The maximum absolute atomic E-state index is 11.5. The topological polar surface area (TPSA) is 48.3 Å². The van der Waals surface area contributed by atoms with Crippen molar-refractivity contribution in [2.24, 2.45) is 0 Å². The van der Waals surface area contributed by atoms with Crippen molar-refractivity contribution in [3.63, 3.8) is 0 Å². The molecule has 0 N–H and O–H groups in total. The zero-order valence-corrected chi connectivity index (χ0v) is 9.03. The molecule has 0 unspecified atom stereocenters. The van der Waals surface area contributed by atoms with E-state index in [2.05, 4.69) is 11.7 Å². The zero-order chi connectivity index (χ0) is 11.3. The maximum Gasteiger partial charge on any atom is 0.338 e. The van der Waals surface area contributed by atoms with Gasteiger partial charge < -0.3 is 9.30 Å². The van der Waals surface area contributed by atoms with Crippen LogP contribution in [0.4, 0.5) is 0 Å². The molecule has 0 amide bonds. The Morgan fingerprint density at radius 1 is 1.53 bits per heavy atom. The second kappa shape index (κ2) is 5.34. The van der Waals surface area contributed by atoms with Crippen LogP contribution >= 0.6 is 0 Å². The zero-order valence-electron chi connectivity index (χ0n) is 9.03. The molecule has 4 heteroatoms. The van der Waals surface area contributed by atoms with E-state index >= 15 is 0 Å². The third kappa shape index (κ3) is 2.94. The lowest BCUT2D eigenvalue weighted by molar-refractivity contribution is 0.0600. The molecule has 0 aromatic carbocycles. The predicted octanol–water partition coefficient (Wildman–Crippen LogP) is 1.43. The van der Waals surface area contributed by atoms with Crippen LogP contribution in [-0.4, -0.2) is 17.6 Å². The van der Waals surface area contributed by atoms with Gasteiger partial charge in [-0.25, -0.2) is 4.79 Å². The van der Waals surface area contributed by atoms with Crippen LogP contribution in [0.25, 0.3) is 0 Å². The number of esters is 1. The summed E-state index contributed by atoms with van der Waals surface area (Å²) >= 11 is 0. The third-order valence-electron chi connectivity index (χ3n) is 2.17. The largest absolute Gasteiger partial charge is 0.465 e. The minimum Gasteiger partial charge on any atom is -0.465 e. The number of rotatable bonds is 4. The molecule has 0 aliphatic carbocycles. The minimum atomic E-state index is -0.477. The summed E-state index contributed by atoms with van der Waals surface area (Å²) in [5.41, 5.74) is 0.140. The van der Waals surface area contributed by atoms with Crippen LogP contribution in [0.5, 0.6) is 0 Å². The number of carbonyl (C=O) groups excluding carboxylic acids is 1. The van der Waals surface area contributed by atoms with E-state index in [1.807, 2.05) is 0 Å². The van der Waals surface area contributed by atoms with Gasteiger partial charge in [0.25, 0.3) is 5.56 Å². The molecule has 0 bridgehead atoms. The Balaban J connectivity index is 2.88. The van der Waals surface area contributed by atoms with E-state index < -0.39 is 5.97 Å². The normalized spacial score (nSPS) is 10.0. The number of hydrogen-bond acceptors (Lipinski definition) is 3. The molecule has 0 fully saturated rings. The first-order valence-electron chi connectivity index (χ1n) is 4.98. The Kier molecular flexibility index (Phi) is 4.09. The number of aromatic nitrogens is 1. The highest BCUT2D eigenvalue weighted by Crippen LogP contribution is 1.98. The molecular formula is C11H15NO3. The first-order valence-corrected chi connectivity index (χ1v) is 4.98. The SMILES string of the molecule is CCCCn1ccc(C(=O)OC)cc1=O. The fourth-order valence-electron chi connectivity index (χ4n) is 1.27. The molecule has 1 aromatic heterocycles. The highest BCUT2D eigenvalue weighted by atomic mass is 16.5. The molecule has 0 saturated carbocycles. The lowest BCUT2D eigenvalue weighted by Crippen LogP contribution is -2.20. The van der Waals surface area contributed by atoms with Crippen LogP contribution in [-0.2, 0) is 11.3 Å². The maximum atomic E-state index is 11.5. The molecule has 1 aromatic rings. The molecule has 0 aliphatic rings. The summed E-state index contributed by atoms with van der Waals surface area (Å²) < 4.78 is 6.12. The second-order valence-corrected chi connectivity index (χ2v) is 3.29. The number of carbonyl (C=O) groups is 1. The molecule has 82 valence electrons. The van der Waals surface area contributed by atoms with Gasteiger partial charge in [0, 0.05) is 18.8 Å². The standard InChI is InChI=1S/C11H15NO3/c1-3-4-6-12-7-5-9(8-10(12)13)11(14)15-2/h5,7-8H,3-4,6H2,1-2H3. The van der Waals surface area contributed by atoms with Crippen molar-refractivity contribution in [2.45, 2.75) is 26.3 Å². The van der Waals surface area contributed by atoms with E-state index in [0.717, 1.165) is 12.8 Å². The third-order valence-corrected chi connectivity index (χ3v) is 2.17. The summed E-state index contributed by atoms with van der Waals surface area (Å²) in [5.74, 6) is -0.477. The lowest BCUT2D eigenvalue weighted by Gasteiger charge is -2.04. The molecule has 15 heavy (non-hydrogen) atoms. The Morgan fingerprint density at radius 3 is 2.80 bits per heavy atom. The number of unbranched alkanes of at least 4 members (excludes halogenated alkanes) is 1. The van der Waals surface area contributed by atoms with Gasteiger partial charge in [-0.1, -0.05) is 13.3 Å². The van der Waals surface area contributed by atoms with Crippen LogP contribution in [0.1, 0.15) is 30.1 Å². The number of hydrogen-bond donors (Lipinski definition) is 0. The Hall–Kier alpha value is -1.58. The Bertz CT molecular complexity index is 395. The van der Waals surface area contributed by atoms with Gasteiger partial charge >= 0.3 is 5.97 Å². The van der Waals surface area contributed by atoms with Crippen LogP contribution in [0.3, 0.4) is 0 Å². The van der Waals surface area contributed by atoms with Crippen LogP contribution in [0, 0.1) is 0 Å². The van der Waals surface area contributed by atoms with Gasteiger partial charge in [0.2, 0.25) is 0 Å². The number of pyridine rings is 1. The lowest BCUT2D eigenvalue weighted by atomic mass is 10.2. The van der Waals surface area contributed by atoms with E-state index in [-0.39, 0.29) is 5.56 Å². The summed E-state index contributed by atoms with van der Waals surface area (Å²) in [7, 11) is 1.30. The molecule has 0 spiro atoms. The van der Waals surface area contributed by atoms with Crippen LogP contribution < -0.4 is 5.56 Å².